The van der Waals surface area contributed by atoms with E-state index in [1.807, 2.05) is 0 Å². The van der Waals surface area contributed by atoms with Gasteiger partial charge in [0.15, 0.2) is 0 Å². The number of carbonyl (C=O) groups excluding carboxylic acids is 1. The number of hydrogen-bond donors (Lipinski definition) is 3. The van der Waals surface area contributed by atoms with Crippen molar-refractivity contribution in [1.29, 1.82) is 0 Å². The van der Waals surface area contributed by atoms with E-state index in [0.29, 0.717) is 19.5 Å². The number of rotatable bonds is 7. The molecular formula is C10H18N4O. The molecule has 15 heavy (non-hydrogen) atoms. The van der Waals surface area contributed by atoms with Crippen LogP contribution in [0.1, 0.15) is 31.2 Å². The first-order valence-electron chi connectivity index (χ1n) is 5.27. The molecule has 0 aromatic carbocycles. The van der Waals surface area contributed by atoms with Gasteiger partial charge in [-0.2, -0.15) is 5.10 Å². The van der Waals surface area contributed by atoms with Crippen LogP contribution in [-0.4, -0.2) is 22.6 Å². The maximum Gasteiger partial charge on any atom is 0.220 e. The number of nitrogens with zero attached hydrogens (tertiary/aromatic N) is 1. The summed E-state index contributed by atoms with van der Waals surface area (Å²) in [6.07, 6.45) is 6.99. The smallest absolute Gasteiger partial charge is 0.220 e. The van der Waals surface area contributed by atoms with E-state index < -0.39 is 0 Å². The molecule has 0 atom stereocenters. The molecule has 0 bridgehead atoms. The highest BCUT2D eigenvalue weighted by atomic mass is 16.1. The topological polar surface area (TPSA) is 83.8 Å². The fraction of sp³-hybridized carbons (Fsp3) is 0.600. The Morgan fingerprint density at radius 3 is 3.00 bits per heavy atom. The third kappa shape index (κ3) is 5.17. The Morgan fingerprint density at radius 2 is 2.33 bits per heavy atom. The minimum absolute atomic E-state index is 0.0909. The van der Waals surface area contributed by atoms with Crippen molar-refractivity contribution in [3.8, 4) is 0 Å². The van der Waals surface area contributed by atoms with Gasteiger partial charge in [-0.3, -0.25) is 9.89 Å². The zero-order valence-electron chi connectivity index (χ0n) is 8.83. The van der Waals surface area contributed by atoms with Crippen LogP contribution in [-0.2, 0) is 11.3 Å². The highest BCUT2D eigenvalue weighted by molar-refractivity contribution is 5.75. The second-order valence-corrected chi connectivity index (χ2v) is 3.48. The number of carbonyl (C=O) groups is 1. The number of nitrogens with two attached hydrogens (primary N) is 1. The van der Waals surface area contributed by atoms with Crippen molar-refractivity contribution in [2.45, 2.75) is 32.2 Å². The van der Waals surface area contributed by atoms with Crippen molar-refractivity contribution in [1.82, 2.24) is 15.5 Å². The average Bonchev–Trinajstić information content (AvgIpc) is 2.74. The Bertz CT molecular complexity index is 271. The minimum atomic E-state index is 0.0909. The summed E-state index contributed by atoms with van der Waals surface area (Å²) in [6, 6.07) is 0. The molecule has 1 aromatic heterocycles. The van der Waals surface area contributed by atoms with E-state index in [-0.39, 0.29) is 5.91 Å². The third-order valence-corrected chi connectivity index (χ3v) is 2.15. The van der Waals surface area contributed by atoms with E-state index in [1.54, 1.807) is 12.4 Å². The summed E-state index contributed by atoms with van der Waals surface area (Å²) in [6.45, 7) is 1.25. The lowest BCUT2D eigenvalue weighted by atomic mass is 10.2. The van der Waals surface area contributed by atoms with E-state index in [0.717, 1.165) is 24.8 Å². The first-order chi connectivity index (χ1) is 7.33. The monoisotopic (exact) mass is 210 g/mol. The summed E-state index contributed by atoms with van der Waals surface area (Å²) in [7, 11) is 0. The van der Waals surface area contributed by atoms with Crippen molar-refractivity contribution in [2.24, 2.45) is 5.73 Å². The van der Waals surface area contributed by atoms with Crippen LogP contribution in [0.2, 0.25) is 0 Å². The van der Waals surface area contributed by atoms with Crippen LogP contribution in [0.25, 0.3) is 0 Å². The molecule has 0 aliphatic carbocycles. The van der Waals surface area contributed by atoms with Crippen molar-refractivity contribution >= 4 is 5.91 Å². The van der Waals surface area contributed by atoms with Gasteiger partial charge in [0.1, 0.15) is 0 Å². The Kier molecular flexibility index (Phi) is 5.47. The largest absolute Gasteiger partial charge is 0.352 e. The second kappa shape index (κ2) is 7.00. The number of hydrogen-bond acceptors (Lipinski definition) is 3. The summed E-state index contributed by atoms with van der Waals surface area (Å²) in [5.74, 6) is 0.0909. The molecule has 4 N–H and O–H groups in total. The van der Waals surface area contributed by atoms with E-state index in [9.17, 15) is 4.79 Å². The predicted octanol–water partition coefficient (Wildman–Crippen LogP) is 0.545. The molecule has 0 aliphatic heterocycles. The molecule has 1 heterocycles. The SMILES string of the molecule is NCCCCCC(=O)NCc1cn[nH]c1. The van der Waals surface area contributed by atoms with Gasteiger partial charge in [-0.1, -0.05) is 6.42 Å². The molecule has 1 aromatic rings. The van der Waals surface area contributed by atoms with Crippen LogP contribution in [0.5, 0.6) is 0 Å². The van der Waals surface area contributed by atoms with Gasteiger partial charge in [0.2, 0.25) is 5.91 Å². The maximum atomic E-state index is 11.3. The average molecular weight is 210 g/mol. The number of amides is 1. The third-order valence-electron chi connectivity index (χ3n) is 2.15. The number of unbranched alkanes of at least 4 members (excludes halogenated alkanes) is 2. The first-order valence-corrected chi connectivity index (χ1v) is 5.27. The zero-order chi connectivity index (χ0) is 10.9. The summed E-state index contributed by atoms with van der Waals surface area (Å²) >= 11 is 0. The van der Waals surface area contributed by atoms with Crippen molar-refractivity contribution < 1.29 is 4.79 Å². The van der Waals surface area contributed by atoms with Crippen LogP contribution in [0.3, 0.4) is 0 Å². The lowest BCUT2D eigenvalue weighted by Gasteiger charge is -2.02. The normalized spacial score (nSPS) is 10.2. The molecule has 84 valence electrons. The van der Waals surface area contributed by atoms with Gasteiger partial charge in [-0.15, -0.1) is 0 Å². The standard InChI is InChI=1S/C10H18N4O/c11-5-3-1-2-4-10(15)12-6-9-7-13-14-8-9/h7-8H,1-6,11H2,(H,12,15)(H,13,14). The Labute approximate surface area is 89.4 Å². The molecule has 0 fully saturated rings. The maximum absolute atomic E-state index is 11.3. The highest BCUT2D eigenvalue weighted by Gasteiger charge is 2.01. The minimum Gasteiger partial charge on any atom is -0.352 e. The van der Waals surface area contributed by atoms with Crippen molar-refractivity contribution in [2.75, 3.05) is 6.54 Å². The Hall–Kier alpha value is -1.36. The van der Waals surface area contributed by atoms with Crippen molar-refractivity contribution in [3.63, 3.8) is 0 Å². The second-order valence-electron chi connectivity index (χ2n) is 3.48. The summed E-state index contributed by atoms with van der Waals surface area (Å²) < 4.78 is 0. The van der Waals surface area contributed by atoms with Gasteiger partial charge >= 0.3 is 0 Å². The lowest BCUT2D eigenvalue weighted by molar-refractivity contribution is -0.121. The van der Waals surface area contributed by atoms with Gasteiger partial charge in [-0.05, 0) is 19.4 Å². The number of nitrogens with one attached hydrogen (secondary N) is 2. The van der Waals surface area contributed by atoms with Crippen LogP contribution >= 0.6 is 0 Å². The van der Waals surface area contributed by atoms with Crippen LogP contribution in [0.4, 0.5) is 0 Å². The molecule has 0 radical (unpaired) electrons. The number of aromatic amines is 1. The quantitative estimate of drug-likeness (QED) is 0.574. The van der Waals surface area contributed by atoms with E-state index in [2.05, 4.69) is 15.5 Å². The molecule has 5 nitrogen and oxygen atoms in total. The Balaban J connectivity index is 2.04. The molecule has 0 unspecified atom stereocenters. The summed E-state index contributed by atoms with van der Waals surface area (Å²) in [4.78, 5) is 11.3. The molecule has 0 aliphatic rings. The van der Waals surface area contributed by atoms with Gasteiger partial charge in [0.25, 0.3) is 0 Å². The van der Waals surface area contributed by atoms with Gasteiger partial charge in [-0.25, -0.2) is 0 Å². The molecule has 1 rings (SSSR count). The highest BCUT2D eigenvalue weighted by Crippen LogP contribution is 1.99. The van der Waals surface area contributed by atoms with Crippen molar-refractivity contribution in [3.05, 3.63) is 18.0 Å². The Morgan fingerprint density at radius 1 is 1.47 bits per heavy atom. The van der Waals surface area contributed by atoms with Gasteiger partial charge in [0.05, 0.1) is 6.20 Å². The van der Waals surface area contributed by atoms with E-state index in [4.69, 9.17) is 5.73 Å². The first kappa shape index (κ1) is 11.7. The molecule has 1 amide bonds. The molecule has 0 saturated heterocycles. The summed E-state index contributed by atoms with van der Waals surface area (Å²) in [5.41, 5.74) is 6.35. The van der Waals surface area contributed by atoms with E-state index >= 15 is 0 Å². The number of H-pyrrole nitrogens is 1. The van der Waals surface area contributed by atoms with Gasteiger partial charge < -0.3 is 11.1 Å². The molecule has 0 spiro atoms. The molecular weight excluding hydrogens is 192 g/mol. The van der Waals surface area contributed by atoms with Gasteiger partial charge in [0, 0.05) is 24.7 Å². The molecule has 0 saturated carbocycles. The number of aromatic nitrogens is 2. The van der Waals surface area contributed by atoms with Crippen LogP contribution in [0.15, 0.2) is 12.4 Å². The fourth-order valence-electron chi connectivity index (χ4n) is 1.27. The zero-order valence-corrected chi connectivity index (χ0v) is 8.83. The fourth-order valence-corrected chi connectivity index (χ4v) is 1.27. The molecule has 5 heteroatoms. The van der Waals surface area contributed by atoms with Crippen LogP contribution in [0, 0.1) is 0 Å². The van der Waals surface area contributed by atoms with E-state index in [1.165, 1.54) is 0 Å². The lowest BCUT2D eigenvalue weighted by Crippen LogP contribution is -2.22. The van der Waals surface area contributed by atoms with Crippen LogP contribution < -0.4 is 11.1 Å². The predicted molar refractivity (Wildman–Crippen MR) is 58.0 cm³/mol. The summed E-state index contributed by atoms with van der Waals surface area (Å²) in [5, 5.41) is 9.33.